The third-order valence-electron chi connectivity index (χ3n) is 1.47. The van der Waals surface area contributed by atoms with Gasteiger partial charge in [0.05, 0.1) is 0 Å². The van der Waals surface area contributed by atoms with Crippen LogP contribution in [0, 0.1) is 12.7 Å². The second kappa shape index (κ2) is 5.62. The molecule has 1 aromatic rings. The van der Waals surface area contributed by atoms with E-state index in [9.17, 15) is 13.2 Å². The molecule has 0 nitrogen and oxygen atoms in total. The van der Waals surface area contributed by atoms with Gasteiger partial charge >= 0.3 is 0 Å². The fourth-order valence-electron chi connectivity index (χ4n) is 0.884. The number of hydrogen-bond acceptors (Lipinski definition) is 0. The summed E-state index contributed by atoms with van der Waals surface area (Å²) in [6.07, 6.45) is -2.52. The van der Waals surface area contributed by atoms with Crippen molar-refractivity contribution < 1.29 is 13.2 Å². The van der Waals surface area contributed by atoms with Crippen LogP contribution >= 0.6 is 0 Å². The molecule has 1 aromatic carbocycles. The first-order valence-electron chi connectivity index (χ1n) is 4.15. The van der Waals surface area contributed by atoms with Gasteiger partial charge in [-0.05, 0) is 24.6 Å². The largest absolute Gasteiger partial charge is 0.264 e. The summed E-state index contributed by atoms with van der Waals surface area (Å²) in [5.41, 5.74) is 0.186. The lowest BCUT2D eigenvalue weighted by Crippen LogP contribution is -1.89. The Labute approximate surface area is 76.4 Å². The van der Waals surface area contributed by atoms with Gasteiger partial charge in [0, 0.05) is 5.56 Å². The molecule has 0 aliphatic rings. The number of alkyl halides is 2. The van der Waals surface area contributed by atoms with E-state index in [0.29, 0.717) is 5.56 Å². The van der Waals surface area contributed by atoms with E-state index in [-0.39, 0.29) is 5.56 Å². The van der Waals surface area contributed by atoms with Crippen molar-refractivity contribution in [3.8, 4) is 0 Å². The average molecular weight is 190 g/mol. The summed E-state index contributed by atoms with van der Waals surface area (Å²) in [5, 5.41) is 0. The predicted molar refractivity (Wildman–Crippen MR) is 47.4 cm³/mol. The minimum atomic E-state index is -2.52. The predicted octanol–water partition coefficient (Wildman–Crippen LogP) is 4.10. The smallest absolute Gasteiger partial charge is 0.207 e. The first-order chi connectivity index (χ1) is 6.11. The van der Waals surface area contributed by atoms with E-state index >= 15 is 0 Å². The highest BCUT2D eigenvalue weighted by Gasteiger charge is 2.09. The topological polar surface area (TPSA) is 0 Å². The molecule has 0 heterocycles. The second-order valence-electron chi connectivity index (χ2n) is 2.30. The van der Waals surface area contributed by atoms with Crippen LogP contribution in [-0.2, 0) is 0 Å². The van der Waals surface area contributed by atoms with Crippen LogP contribution in [0.2, 0.25) is 0 Å². The molecule has 13 heavy (non-hydrogen) atoms. The molecular formula is C10H13F3. The minimum Gasteiger partial charge on any atom is -0.207 e. The summed E-state index contributed by atoms with van der Waals surface area (Å²) in [5.74, 6) is -0.480. The lowest BCUT2D eigenvalue weighted by atomic mass is 10.1. The number of rotatable bonds is 1. The van der Waals surface area contributed by atoms with Gasteiger partial charge in [-0.25, -0.2) is 13.2 Å². The van der Waals surface area contributed by atoms with E-state index in [1.165, 1.54) is 6.92 Å². The summed E-state index contributed by atoms with van der Waals surface area (Å²) in [4.78, 5) is 0. The van der Waals surface area contributed by atoms with Crippen molar-refractivity contribution in [2.24, 2.45) is 0 Å². The molecule has 0 bridgehead atoms. The van der Waals surface area contributed by atoms with Crippen LogP contribution in [-0.4, -0.2) is 0 Å². The molecule has 1 rings (SSSR count). The summed E-state index contributed by atoms with van der Waals surface area (Å²) < 4.78 is 36.4. The van der Waals surface area contributed by atoms with Crippen molar-refractivity contribution in [3.05, 3.63) is 35.1 Å². The zero-order valence-corrected chi connectivity index (χ0v) is 7.94. The molecule has 0 N–H and O–H groups in total. The Morgan fingerprint density at radius 2 is 1.69 bits per heavy atom. The van der Waals surface area contributed by atoms with E-state index < -0.39 is 12.2 Å². The van der Waals surface area contributed by atoms with Crippen LogP contribution in [0.1, 0.15) is 31.4 Å². The highest BCUT2D eigenvalue weighted by atomic mass is 19.3. The quantitative estimate of drug-likeness (QED) is 0.625. The number of benzene rings is 1. The zero-order valence-electron chi connectivity index (χ0n) is 7.94. The first-order valence-corrected chi connectivity index (χ1v) is 4.15. The van der Waals surface area contributed by atoms with Gasteiger partial charge in [-0.1, -0.05) is 19.9 Å². The normalized spacial score (nSPS) is 9.46. The molecular weight excluding hydrogens is 177 g/mol. The van der Waals surface area contributed by atoms with Gasteiger partial charge in [0.1, 0.15) is 5.82 Å². The maximum atomic E-state index is 12.4. The SMILES string of the molecule is CC.Cc1cc(F)ccc1C(F)F. The Morgan fingerprint density at radius 1 is 1.15 bits per heavy atom. The highest BCUT2D eigenvalue weighted by Crippen LogP contribution is 2.22. The molecule has 0 aromatic heterocycles. The molecule has 3 heteroatoms. The Kier molecular flexibility index (Phi) is 5.19. The first kappa shape index (κ1) is 12.0. The van der Waals surface area contributed by atoms with Crippen LogP contribution in [0.15, 0.2) is 18.2 Å². The number of hydrogen-bond donors (Lipinski definition) is 0. The summed E-state index contributed by atoms with van der Waals surface area (Å²) >= 11 is 0. The van der Waals surface area contributed by atoms with Gasteiger partial charge in [0.25, 0.3) is 6.43 Å². The molecule has 0 fully saturated rings. The van der Waals surface area contributed by atoms with Crippen LogP contribution < -0.4 is 0 Å². The summed E-state index contributed by atoms with van der Waals surface area (Å²) in [6.45, 7) is 5.46. The van der Waals surface area contributed by atoms with Gasteiger partial charge in [0.2, 0.25) is 0 Å². The van der Waals surface area contributed by atoms with E-state index in [0.717, 1.165) is 18.2 Å². The molecule has 0 aliphatic heterocycles. The maximum absolute atomic E-state index is 12.4. The average Bonchev–Trinajstić information content (AvgIpc) is 2.07. The molecule has 0 atom stereocenters. The third-order valence-corrected chi connectivity index (χ3v) is 1.47. The molecule has 0 spiro atoms. The van der Waals surface area contributed by atoms with Gasteiger partial charge < -0.3 is 0 Å². The minimum absolute atomic E-state index is 0.105. The Balaban J connectivity index is 0.000000671. The van der Waals surface area contributed by atoms with Crippen molar-refractivity contribution in [1.82, 2.24) is 0 Å². The monoisotopic (exact) mass is 190 g/mol. The van der Waals surface area contributed by atoms with Crippen LogP contribution in [0.4, 0.5) is 13.2 Å². The van der Waals surface area contributed by atoms with Gasteiger partial charge in [0.15, 0.2) is 0 Å². The van der Waals surface area contributed by atoms with E-state index in [2.05, 4.69) is 0 Å². The van der Waals surface area contributed by atoms with Crippen molar-refractivity contribution in [3.63, 3.8) is 0 Å². The second-order valence-corrected chi connectivity index (χ2v) is 2.30. The Hall–Kier alpha value is -0.990. The van der Waals surface area contributed by atoms with Gasteiger partial charge in [-0.3, -0.25) is 0 Å². The Morgan fingerprint density at radius 3 is 2.08 bits per heavy atom. The summed E-state index contributed by atoms with van der Waals surface area (Å²) in [7, 11) is 0. The zero-order chi connectivity index (χ0) is 10.4. The van der Waals surface area contributed by atoms with Crippen LogP contribution in [0.5, 0.6) is 0 Å². The fourth-order valence-corrected chi connectivity index (χ4v) is 0.884. The van der Waals surface area contributed by atoms with Gasteiger partial charge in [-0.15, -0.1) is 0 Å². The number of halogens is 3. The van der Waals surface area contributed by atoms with Gasteiger partial charge in [-0.2, -0.15) is 0 Å². The molecule has 0 radical (unpaired) electrons. The Bertz CT molecular complexity index is 256. The molecule has 0 unspecified atom stereocenters. The molecule has 0 saturated carbocycles. The van der Waals surface area contributed by atoms with E-state index in [1.807, 2.05) is 13.8 Å². The molecule has 74 valence electrons. The molecule has 0 aliphatic carbocycles. The summed E-state index contributed by atoms with van der Waals surface area (Å²) in [6, 6.07) is 3.24. The molecule has 0 amide bonds. The van der Waals surface area contributed by atoms with Crippen molar-refractivity contribution in [1.29, 1.82) is 0 Å². The fraction of sp³-hybridized carbons (Fsp3) is 0.400. The van der Waals surface area contributed by atoms with Crippen LogP contribution in [0.25, 0.3) is 0 Å². The van der Waals surface area contributed by atoms with Crippen molar-refractivity contribution in [2.45, 2.75) is 27.2 Å². The van der Waals surface area contributed by atoms with Crippen LogP contribution in [0.3, 0.4) is 0 Å². The van der Waals surface area contributed by atoms with E-state index in [1.54, 1.807) is 0 Å². The van der Waals surface area contributed by atoms with Crippen molar-refractivity contribution in [2.75, 3.05) is 0 Å². The number of aryl methyl sites for hydroxylation is 1. The standard InChI is InChI=1S/C8H7F3.C2H6/c1-5-4-6(9)2-3-7(5)8(10)11;1-2/h2-4,8H,1H3;1-2H3. The maximum Gasteiger partial charge on any atom is 0.264 e. The highest BCUT2D eigenvalue weighted by molar-refractivity contribution is 5.27. The third kappa shape index (κ3) is 3.49. The lowest BCUT2D eigenvalue weighted by Gasteiger charge is -2.02. The molecule has 0 saturated heterocycles. The van der Waals surface area contributed by atoms with Crippen molar-refractivity contribution >= 4 is 0 Å². The lowest BCUT2D eigenvalue weighted by molar-refractivity contribution is 0.150. The van der Waals surface area contributed by atoms with E-state index in [4.69, 9.17) is 0 Å².